The number of benzene rings is 2. The van der Waals surface area contributed by atoms with E-state index in [0.717, 1.165) is 25.7 Å². The zero-order valence-electron chi connectivity index (χ0n) is 14.8. The Bertz CT molecular complexity index is 697. The van der Waals surface area contributed by atoms with Crippen LogP contribution < -0.4 is 10.1 Å². The summed E-state index contributed by atoms with van der Waals surface area (Å²) in [5.74, 6) is -0.146. The summed E-state index contributed by atoms with van der Waals surface area (Å²) in [7, 11) is 0. The molecule has 0 radical (unpaired) electrons. The zero-order valence-corrected chi connectivity index (χ0v) is 14.8. The third-order valence-electron chi connectivity index (χ3n) is 4.13. The highest BCUT2D eigenvalue weighted by molar-refractivity contribution is 5.96. The Morgan fingerprint density at radius 1 is 1.00 bits per heavy atom. The topological polar surface area (TPSA) is 55.4 Å². The molecule has 0 spiro atoms. The Morgan fingerprint density at radius 3 is 2.36 bits per heavy atom. The van der Waals surface area contributed by atoms with Gasteiger partial charge in [0, 0.05) is 5.92 Å². The predicted octanol–water partition coefficient (Wildman–Crippen LogP) is 5.06. The van der Waals surface area contributed by atoms with Crippen LogP contribution in [0.3, 0.4) is 0 Å². The summed E-state index contributed by atoms with van der Waals surface area (Å²) in [6.07, 6.45) is 3.74. The highest BCUT2D eigenvalue weighted by Crippen LogP contribution is 2.26. The van der Waals surface area contributed by atoms with Crippen LogP contribution in [0.25, 0.3) is 0 Å². The van der Waals surface area contributed by atoms with Crippen LogP contribution in [0.5, 0.6) is 5.75 Å². The van der Waals surface area contributed by atoms with Crippen LogP contribution in [0.1, 0.15) is 49.9 Å². The Labute approximate surface area is 149 Å². The van der Waals surface area contributed by atoms with E-state index in [1.807, 2.05) is 19.1 Å². The first kappa shape index (κ1) is 18.7. The van der Waals surface area contributed by atoms with Crippen LogP contribution in [-0.4, -0.2) is 11.9 Å². The molecule has 2 rings (SSSR count). The quantitative estimate of drug-likeness (QED) is 0.540. The van der Waals surface area contributed by atoms with E-state index in [-0.39, 0.29) is 11.8 Å². The van der Waals surface area contributed by atoms with Crippen LogP contribution in [0.2, 0.25) is 0 Å². The fraction of sp³-hybridized carbons (Fsp3) is 0.333. The number of rotatable bonds is 8. The van der Waals surface area contributed by atoms with Gasteiger partial charge in [0.2, 0.25) is 5.91 Å². The van der Waals surface area contributed by atoms with Gasteiger partial charge < -0.3 is 10.1 Å². The maximum absolute atomic E-state index is 12.5. The van der Waals surface area contributed by atoms with Gasteiger partial charge in [0.25, 0.3) is 0 Å². The number of amides is 1. The number of hydrogen-bond donors (Lipinski definition) is 1. The van der Waals surface area contributed by atoms with E-state index < -0.39 is 5.97 Å². The summed E-state index contributed by atoms with van der Waals surface area (Å²) < 4.78 is 5.47. The molecule has 0 saturated heterocycles. The second-order valence-electron chi connectivity index (χ2n) is 5.99. The minimum absolute atomic E-state index is 0.0286. The van der Waals surface area contributed by atoms with Gasteiger partial charge >= 0.3 is 5.97 Å². The number of esters is 1. The van der Waals surface area contributed by atoms with E-state index in [9.17, 15) is 9.59 Å². The van der Waals surface area contributed by atoms with Crippen molar-refractivity contribution in [1.29, 1.82) is 0 Å². The lowest BCUT2D eigenvalue weighted by molar-refractivity contribution is -0.120. The Hall–Kier alpha value is -2.62. The van der Waals surface area contributed by atoms with Crippen LogP contribution in [0, 0.1) is 5.92 Å². The summed E-state index contributed by atoms with van der Waals surface area (Å²) in [5, 5.41) is 2.91. The summed E-state index contributed by atoms with van der Waals surface area (Å²) in [6, 6.07) is 15.8. The lowest BCUT2D eigenvalue weighted by Gasteiger charge is -2.16. The molecular formula is C21H25NO3. The van der Waals surface area contributed by atoms with Crippen molar-refractivity contribution in [1.82, 2.24) is 0 Å². The monoisotopic (exact) mass is 339 g/mol. The molecule has 0 aliphatic heterocycles. The fourth-order valence-electron chi connectivity index (χ4n) is 2.60. The molecule has 0 aliphatic carbocycles. The van der Waals surface area contributed by atoms with Crippen LogP contribution in [0.4, 0.5) is 5.69 Å². The molecule has 0 aromatic heterocycles. The number of ether oxygens (including phenoxy) is 1. The third-order valence-corrected chi connectivity index (χ3v) is 4.13. The van der Waals surface area contributed by atoms with E-state index in [4.69, 9.17) is 4.74 Å². The normalized spacial score (nSPS) is 11.6. The summed E-state index contributed by atoms with van der Waals surface area (Å²) in [4.78, 5) is 24.8. The van der Waals surface area contributed by atoms with Gasteiger partial charge in [-0.2, -0.15) is 0 Å². The number of unbranched alkanes of at least 4 members (excludes halogenated alkanes) is 1. The second-order valence-corrected chi connectivity index (χ2v) is 5.99. The van der Waals surface area contributed by atoms with Gasteiger partial charge in [-0.05, 0) is 37.1 Å². The summed E-state index contributed by atoms with van der Waals surface area (Å²) in [5.41, 5.74) is 0.990. The van der Waals surface area contributed by atoms with Crippen molar-refractivity contribution in [3.8, 4) is 5.75 Å². The molecule has 25 heavy (non-hydrogen) atoms. The van der Waals surface area contributed by atoms with Crippen molar-refractivity contribution in [2.24, 2.45) is 5.92 Å². The van der Waals surface area contributed by atoms with Crippen LogP contribution >= 0.6 is 0 Å². The number of carbonyl (C=O) groups excluding carboxylic acids is 2. The van der Waals surface area contributed by atoms with E-state index in [0.29, 0.717) is 17.0 Å². The number of para-hydroxylation sites is 2. The number of anilines is 1. The van der Waals surface area contributed by atoms with Gasteiger partial charge in [-0.1, -0.05) is 57.0 Å². The Kier molecular flexibility index (Phi) is 7.20. The van der Waals surface area contributed by atoms with Gasteiger partial charge in [0.05, 0.1) is 11.3 Å². The molecule has 2 aromatic carbocycles. The van der Waals surface area contributed by atoms with Crippen LogP contribution in [0.15, 0.2) is 54.6 Å². The molecule has 0 unspecified atom stereocenters. The standard InChI is InChI=1S/C21H25NO3/c1-3-5-11-16(4-2)20(23)22-18-14-9-10-15-19(18)25-21(24)17-12-7-6-8-13-17/h6-10,12-16H,3-5,11H2,1-2H3,(H,22,23)/t16-/m1/s1. The van der Waals surface area contributed by atoms with E-state index in [1.54, 1.807) is 42.5 Å². The molecule has 4 heteroatoms. The van der Waals surface area contributed by atoms with Crippen molar-refractivity contribution in [3.63, 3.8) is 0 Å². The molecule has 1 N–H and O–H groups in total. The van der Waals surface area contributed by atoms with Crippen LogP contribution in [-0.2, 0) is 4.79 Å². The molecule has 0 heterocycles. The minimum Gasteiger partial charge on any atom is -0.421 e. The average molecular weight is 339 g/mol. The van der Waals surface area contributed by atoms with Gasteiger partial charge in [-0.25, -0.2) is 4.79 Å². The van der Waals surface area contributed by atoms with Crippen molar-refractivity contribution in [3.05, 3.63) is 60.2 Å². The molecule has 0 fully saturated rings. The highest BCUT2D eigenvalue weighted by Gasteiger charge is 2.18. The predicted molar refractivity (Wildman–Crippen MR) is 99.8 cm³/mol. The summed E-state index contributed by atoms with van der Waals surface area (Å²) >= 11 is 0. The van der Waals surface area contributed by atoms with Gasteiger partial charge in [-0.3, -0.25) is 4.79 Å². The first-order chi connectivity index (χ1) is 12.2. The number of hydrogen-bond acceptors (Lipinski definition) is 3. The molecule has 1 amide bonds. The SMILES string of the molecule is CCCC[C@@H](CC)C(=O)Nc1ccccc1OC(=O)c1ccccc1. The Balaban J connectivity index is 2.09. The Morgan fingerprint density at radius 2 is 1.68 bits per heavy atom. The van der Waals surface area contributed by atoms with E-state index in [1.165, 1.54) is 0 Å². The van der Waals surface area contributed by atoms with Crippen molar-refractivity contribution < 1.29 is 14.3 Å². The van der Waals surface area contributed by atoms with Gasteiger partial charge in [0.15, 0.2) is 5.75 Å². The maximum atomic E-state index is 12.5. The molecule has 0 saturated carbocycles. The highest BCUT2D eigenvalue weighted by atomic mass is 16.5. The van der Waals surface area contributed by atoms with Gasteiger partial charge in [-0.15, -0.1) is 0 Å². The van der Waals surface area contributed by atoms with Crippen molar-refractivity contribution in [2.45, 2.75) is 39.5 Å². The summed E-state index contributed by atoms with van der Waals surface area (Å²) in [6.45, 7) is 4.13. The zero-order chi connectivity index (χ0) is 18.1. The first-order valence-electron chi connectivity index (χ1n) is 8.82. The molecule has 1 atom stereocenters. The lowest BCUT2D eigenvalue weighted by Crippen LogP contribution is -2.23. The smallest absolute Gasteiger partial charge is 0.343 e. The fourth-order valence-corrected chi connectivity index (χ4v) is 2.60. The van der Waals surface area contributed by atoms with E-state index >= 15 is 0 Å². The molecule has 132 valence electrons. The van der Waals surface area contributed by atoms with Crippen molar-refractivity contribution >= 4 is 17.6 Å². The third kappa shape index (κ3) is 5.45. The number of nitrogens with one attached hydrogen (secondary N) is 1. The average Bonchev–Trinajstić information content (AvgIpc) is 2.64. The molecular weight excluding hydrogens is 314 g/mol. The first-order valence-corrected chi connectivity index (χ1v) is 8.82. The minimum atomic E-state index is -0.444. The lowest BCUT2D eigenvalue weighted by atomic mass is 9.98. The largest absolute Gasteiger partial charge is 0.421 e. The molecule has 4 nitrogen and oxygen atoms in total. The molecule has 0 aliphatic rings. The van der Waals surface area contributed by atoms with Crippen molar-refractivity contribution in [2.75, 3.05) is 5.32 Å². The second kappa shape index (κ2) is 9.62. The molecule has 0 bridgehead atoms. The molecule has 2 aromatic rings. The van der Waals surface area contributed by atoms with Gasteiger partial charge in [0.1, 0.15) is 0 Å². The maximum Gasteiger partial charge on any atom is 0.343 e. The number of carbonyl (C=O) groups is 2. The van der Waals surface area contributed by atoms with E-state index in [2.05, 4.69) is 12.2 Å².